The molecule has 4 rings (SSSR count). The number of amides is 1. The molecule has 0 bridgehead atoms. The van der Waals surface area contributed by atoms with Gasteiger partial charge in [-0.1, -0.05) is 12.1 Å². The molecular weight excluding hydrogens is 375 g/mol. The maximum Gasteiger partial charge on any atom is 0.297 e. The van der Waals surface area contributed by atoms with Crippen LogP contribution in [-0.2, 0) is 4.79 Å². The molecule has 2 aromatic carbocycles. The van der Waals surface area contributed by atoms with E-state index in [4.69, 9.17) is 4.42 Å². The van der Waals surface area contributed by atoms with E-state index < -0.39 is 40.6 Å². The zero-order valence-corrected chi connectivity index (χ0v) is 14.4. The minimum atomic E-state index is -1.70. The highest BCUT2D eigenvalue weighted by Crippen LogP contribution is 2.25. The van der Waals surface area contributed by atoms with Crippen molar-refractivity contribution in [1.82, 2.24) is 9.55 Å². The molecule has 1 atom stereocenters. The van der Waals surface area contributed by atoms with Crippen molar-refractivity contribution in [2.75, 3.05) is 5.32 Å². The molecule has 1 N–H and O–H groups in total. The number of anilines is 1. The number of hydrogen-bond donors (Lipinski definition) is 1. The van der Waals surface area contributed by atoms with Crippen molar-refractivity contribution in [2.24, 2.45) is 0 Å². The van der Waals surface area contributed by atoms with E-state index in [-0.39, 0.29) is 5.58 Å². The number of hydrogen-bond acceptors (Lipinski definition) is 4. The molecule has 0 fully saturated rings. The van der Waals surface area contributed by atoms with Crippen LogP contribution in [0.1, 0.15) is 13.0 Å². The second-order valence-corrected chi connectivity index (χ2v) is 6.12. The van der Waals surface area contributed by atoms with E-state index in [2.05, 4.69) is 10.3 Å². The molecule has 0 aliphatic rings. The molecule has 2 heterocycles. The van der Waals surface area contributed by atoms with Crippen molar-refractivity contribution in [1.29, 1.82) is 0 Å². The Morgan fingerprint density at radius 2 is 1.89 bits per heavy atom. The third kappa shape index (κ3) is 2.72. The van der Waals surface area contributed by atoms with Crippen LogP contribution in [0.2, 0.25) is 0 Å². The predicted molar refractivity (Wildman–Crippen MR) is 95.4 cm³/mol. The predicted octanol–water partition coefficient (Wildman–Crippen LogP) is 3.76. The summed E-state index contributed by atoms with van der Waals surface area (Å²) in [6, 6.07) is 7.41. The Morgan fingerprint density at radius 1 is 1.14 bits per heavy atom. The molecule has 2 aromatic heterocycles. The number of benzene rings is 2. The molecule has 0 saturated heterocycles. The lowest BCUT2D eigenvalue weighted by atomic mass is 10.2. The van der Waals surface area contributed by atoms with E-state index in [1.807, 2.05) is 0 Å². The molecule has 6 nitrogen and oxygen atoms in total. The molecular formula is C19H12F3N3O3. The van der Waals surface area contributed by atoms with Gasteiger partial charge in [0.25, 0.3) is 5.56 Å². The van der Waals surface area contributed by atoms with Gasteiger partial charge in [-0.05, 0) is 31.2 Å². The van der Waals surface area contributed by atoms with Crippen LogP contribution in [0.25, 0.3) is 22.1 Å². The number of aromatic nitrogens is 2. The molecule has 28 heavy (non-hydrogen) atoms. The van der Waals surface area contributed by atoms with Crippen molar-refractivity contribution in [2.45, 2.75) is 13.0 Å². The number of carbonyl (C=O) groups is 1. The Hall–Kier alpha value is -3.62. The second kappa shape index (κ2) is 6.52. The summed E-state index contributed by atoms with van der Waals surface area (Å²) < 4.78 is 46.7. The van der Waals surface area contributed by atoms with Gasteiger partial charge in [0.1, 0.15) is 17.1 Å². The summed E-state index contributed by atoms with van der Waals surface area (Å²) in [6.07, 6.45) is 1.18. The summed E-state index contributed by atoms with van der Waals surface area (Å²) in [6.45, 7) is 1.38. The molecule has 1 amide bonds. The van der Waals surface area contributed by atoms with Gasteiger partial charge in [0.05, 0.1) is 12.0 Å². The SMILES string of the molecule is CC(C(=O)Nc1ccc(F)c(F)c1F)n1cnc2c(oc3ccccc32)c1=O. The highest BCUT2D eigenvalue weighted by Gasteiger charge is 2.22. The van der Waals surface area contributed by atoms with E-state index in [1.54, 1.807) is 24.3 Å². The molecule has 0 radical (unpaired) electrons. The molecule has 0 saturated carbocycles. The minimum absolute atomic E-state index is 0.0256. The summed E-state index contributed by atoms with van der Waals surface area (Å²) in [7, 11) is 0. The first-order chi connectivity index (χ1) is 13.4. The molecule has 0 aliphatic carbocycles. The number of carbonyl (C=O) groups excluding carboxylic acids is 1. The van der Waals surface area contributed by atoms with Crippen molar-refractivity contribution in [3.63, 3.8) is 0 Å². The van der Waals surface area contributed by atoms with E-state index in [0.717, 1.165) is 10.6 Å². The van der Waals surface area contributed by atoms with Gasteiger partial charge in [-0.25, -0.2) is 18.2 Å². The van der Waals surface area contributed by atoms with Crippen LogP contribution in [0.5, 0.6) is 0 Å². The van der Waals surface area contributed by atoms with Crippen LogP contribution in [0, 0.1) is 17.5 Å². The van der Waals surface area contributed by atoms with Crippen LogP contribution in [0.15, 0.2) is 51.9 Å². The maximum absolute atomic E-state index is 13.8. The lowest BCUT2D eigenvalue weighted by Crippen LogP contribution is -2.31. The number of nitrogens with one attached hydrogen (secondary N) is 1. The topological polar surface area (TPSA) is 77.1 Å². The van der Waals surface area contributed by atoms with Crippen molar-refractivity contribution in [3.05, 3.63) is 70.5 Å². The van der Waals surface area contributed by atoms with Crippen LogP contribution >= 0.6 is 0 Å². The van der Waals surface area contributed by atoms with Gasteiger partial charge in [-0.15, -0.1) is 0 Å². The van der Waals surface area contributed by atoms with Crippen molar-refractivity contribution < 1.29 is 22.4 Å². The smallest absolute Gasteiger partial charge is 0.297 e. The Labute approximate surface area is 155 Å². The average molecular weight is 387 g/mol. The van der Waals surface area contributed by atoms with Gasteiger partial charge in [0.2, 0.25) is 11.5 Å². The van der Waals surface area contributed by atoms with Crippen molar-refractivity contribution in [3.8, 4) is 0 Å². The second-order valence-electron chi connectivity index (χ2n) is 6.12. The largest absolute Gasteiger partial charge is 0.448 e. The summed E-state index contributed by atoms with van der Waals surface area (Å²) in [5, 5.41) is 2.79. The Balaban J connectivity index is 1.70. The van der Waals surface area contributed by atoms with E-state index in [1.165, 1.54) is 13.3 Å². The third-order valence-electron chi connectivity index (χ3n) is 4.40. The molecule has 0 aliphatic heterocycles. The fourth-order valence-corrected chi connectivity index (χ4v) is 2.86. The Kier molecular flexibility index (Phi) is 4.14. The molecule has 0 spiro atoms. The van der Waals surface area contributed by atoms with Crippen LogP contribution < -0.4 is 10.9 Å². The van der Waals surface area contributed by atoms with Gasteiger partial charge in [-0.2, -0.15) is 0 Å². The lowest BCUT2D eigenvalue weighted by Gasteiger charge is -2.15. The van der Waals surface area contributed by atoms with Crippen LogP contribution in [-0.4, -0.2) is 15.5 Å². The normalized spacial score (nSPS) is 12.4. The van der Waals surface area contributed by atoms with Gasteiger partial charge >= 0.3 is 0 Å². The maximum atomic E-state index is 13.8. The Morgan fingerprint density at radius 3 is 2.68 bits per heavy atom. The first-order valence-electron chi connectivity index (χ1n) is 8.21. The van der Waals surface area contributed by atoms with E-state index in [0.29, 0.717) is 22.6 Å². The van der Waals surface area contributed by atoms with Gasteiger partial charge in [0.15, 0.2) is 17.5 Å². The fraction of sp³-hybridized carbons (Fsp3) is 0.105. The Bertz CT molecular complexity index is 1300. The van der Waals surface area contributed by atoms with Crippen LogP contribution in [0.3, 0.4) is 0 Å². The summed E-state index contributed by atoms with van der Waals surface area (Å²) in [4.78, 5) is 29.3. The number of furan rings is 1. The fourth-order valence-electron chi connectivity index (χ4n) is 2.86. The van der Waals surface area contributed by atoms with E-state index in [9.17, 15) is 22.8 Å². The van der Waals surface area contributed by atoms with Gasteiger partial charge in [0, 0.05) is 5.39 Å². The average Bonchev–Trinajstić information content (AvgIpc) is 3.08. The third-order valence-corrected chi connectivity index (χ3v) is 4.40. The van der Waals surface area contributed by atoms with E-state index >= 15 is 0 Å². The van der Waals surface area contributed by atoms with Gasteiger partial charge < -0.3 is 9.73 Å². The zero-order valence-electron chi connectivity index (χ0n) is 14.4. The monoisotopic (exact) mass is 387 g/mol. The summed E-state index contributed by atoms with van der Waals surface area (Å²) in [5.41, 5.74) is -0.338. The first kappa shape index (κ1) is 17.8. The number of para-hydroxylation sites is 1. The highest BCUT2D eigenvalue weighted by molar-refractivity contribution is 6.02. The number of halogens is 3. The van der Waals surface area contributed by atoms with Crippen LogP contribution in [0.4, 0.5) is 18.9 Å². The molecule has 4 aromatic rings. The first-order valence-corrected chi connectivity index (χ1v) is 8.21. The molecule has 1 unspecified atom stereocenters. The van der Waals surface area contributed by atoms with Gasteiger partial charge in [-0.3, -0.25) is 14.2 Å². The molecule has 9 heteroatoms. The minimum Gasteiger partial charge on any atom is -0.448 e. The number of rotatable bonds is 3. The number of fused-ring (bicyclic) bond motifs is 3. The molecule has 142 valence electrons. The standard InChI is InChI=1S/C19H12F3N3O3/c1-9(18(26)24-12-7-6-11(20)14(21)15(12)22)25-8-23-16-10-4-2-3-5-13(10)28-17(16)19(25)27/h2-9H,1H3,(H,24,26). The summed E-state index contributed by atoms with van der Waals surface area (Å²) in [5.74, 6) is -5.42. The number of nitrogens with zero attached hydrogens (tertiary/aromatic N) is 2. The lowest BCUT2D eigenvalue weighted by molar-refractivity contribution is -0.118. The van der Waals surface area contributed by atoms with Crippen molar-refractivity contribution >= 4 is 33.7 Å². The summed E-state index contributed by atoms with van der Waals surface area (Å²) >= 11 is 0. The quantitative estimate of drug-likeness (QED) is 0.543. The zero-order chi connectivity index (χ0) is 20.0. The highest BCUT2D eigenvalue weighted by atomic mass is 19.2.